The van der Waals surface area contributed by atoms with E-state index in [1.807, 2.05) is 30.3 Å². The second-order valence-corrected chi connectivity index (χ2v) is 6.56. The number of ether oxygens (including phenoxy) is 1. The molecule has 5 nitrogen and oxygen atoms in total. The van der Waals surface area contributed by atoms with Crippen molar-refractivity contribution in [1.82, 2.24) is 10.2 Å². The topological polar surface area (TPSA) is 58.6 Å². The molecule has 2 fully saturated rings. The van der Waals surface area contributed by atoms with E-state index in [4.69, 9.17) is 16.3 Å². The zero-order chi connectivity index (χ0) is 16.3. The van der Waals surface area contributed by atoms with Crippen molar-refractivity contribution < 1.29 is 14.3 Å². The standard InChI is InChI=1S/C17H21ClN2O3/c18-15-16(22)19-11-14(21)20(17(15)7-8-17)9-4-10-23-12-13-5-2-1-3-6-13/h1-3,5-6,15H,4,7-12H2,(H,19,22). The molecule has 0 bridgehead atoms. The number of alkyl halides is 1. The highest BCUT2D eigenvalue weighted by molar-refractivity contribution is 6.32. The van der Waals surface area contributed by atoms with Gasteiger partial charge in [0.2, 0.25) is 11.8 Å². The maximum atomic E-state index is 12.3. The molecule has 1 atom stereocenters. The summed E-state index contributed by atoms with van der Waals surface area (Å²) in [5.74, 6) is -0.289. The van der Waals surface area contributed by atoms with E-state index in [1.165, 1.54) is 0 Å². The van der Waals surface area contributed by atoms with Gasteiger partial charge in [0, 0.05) is 13.2 Å². The SMILES string of the molecule is O=C1NCC(=O)N(CCCOCc2ccccc2)C2(CC2)C1Cl. The van der Waals surface area contributed by atoms with Gasteiger partial charge in [0.05, 0.1) is 18.7 Å². The lowest BCUT2D eigenvalue weighted by molar-refractivity contribution is -0.132. The summed E-state index contributed by atoms with van der Waals surface area (Å²) in [5.41, 5.74) is 0.659. The lowest BCUT2D eigenvalue weighted by atomic mass is 10.1. The van der Waals surface area contributed by atoms with Gasteiger partial charge in [0.1, 0.15) is 5.38 Å². The third-order valence-electron chi connectivity index (χ3n) is 4.50. The molecule has 0 aromatic heterocycles. The molecule has 2 amide bonds. The number of benzene rings is 1. The van der Waals surface area contributed by atoms with Crippen molar-refractivity contribution in [3.05, 3.63) is 35.9 Å². The Kier molecular flexibility index (Phi) is 4.87. The predicted octanol–water partition coefficient (Wildman–Crippen LogP) is 1.69. The van der Waals surface area contributed by atoms with E-state index in [2.05, 4.69) is 5.32 Å². The third kappa shape index (κ3) is 3.51. The Bertz CT molecular complexity index is 574. The fourth-order valence-corrected chi connectivity index (χ4v) is 3.48. The van der Waals surface area contributed by atoms with E-state index < -0.39 is 10.9 Å². The van der Waals surface area contributed by atoms with Crippen LogP contribution in [0.4, 0.5) is 0 Å². The molecule has 0 radical (unpaired) electrons. The highest BCUT2D eigenvalue weighted by atomic mass is 35.5. The van der Waals surface area contributed by atoms with Crippen LogP contribution in [0.1, 0.15) is 24.8 Å². The fourth-order valence-electron chi connectivity index (χ4n) is 3.06. The first-order chi connectivity index (χ1) is 11.1. The van der Waals surface area contributed by atoms with Gasteiger partial charge in [-0.1, -0.05) is 30.3 Å². The van der Waals surface area contributed by atoms with Crippen LogP contribution in [0.2, 0.25) is 0 Å². The number of rotatable bonds is 6. The van der Waals surface area contributed by atoms with Gasteiger partial charge >= 0.3 is 0 Å². The Morgan fingerprint density at radius 3 is 2.70 bits per heavy atom. The molecular formula is C17H21ClN2O3. The normalized spacial score (nSPS) is 22.8. The van der Waals surface area contributed by atoms with Crippen LogP contribution in [0.3, 0.4) is 0 Å². The number of carbonyl (C=O) groups is 2. The molecule has 1 saturated heterocycles. The van der Waals surface area contributed by atoms with E-state index in [9.17, 15) is 9.59 Å². The highest BCUT2D eigenvalue weighted by Gasteiger charge is 2.58. The predicted molar refractivity (Wildman–Crippen MR) is 87.0 cm³/mol. The zero-order valence-corrected chi connectivity index (χ0v) is 13.7. The first-order valence-electron chi connectivity index (χ1n) is 7.97. The van der Waals surface area contributed by atoms with Crippen molar-refractivity contribution in [1.29, 1.82) is 0 Å². The smallest absolute Gasteiger partial charge is 0.242 e. The summed E-state index contributed by atoms with van der Waals surface area (Å²) in [6.07, 6.45) is 2.33. The summed E-state index contributed by atoms with van der Waals surface area (Å²) in [6, 6.07) is 9.98. The summed E-state index contributed by atoms with van der Waals surface area (Å²) in [5, 5.41) is 1.95. The van der Waals surface area contributed by atoms with Crippen LogP contribution >= 0.6 is 11.6 Å². The van der Waals surface area contributed by atoms with E-state index >= 15 is 0 Å². The fraction of sp³-hybridized carbons (Fsp3) is 0.529. The summed E-state index contributed by atoms with van der Waals surface area (Å²) >= 11 is 6.27. The minimum absolute atomic E-state index is 0.0364. The number of nitrogens with one attached hydrogen (secondary N) is 1. The minimum Gasteiger partial charge on any atom is -0.377 e. The number of hydrogen-bond acceptors (Lipinski definition) is 3. The molecule has 3 rings (SSSR count). The van der Waals surface area contributed by atoms with Gasteiger partial charge in [-0.3, -0.25) is 9.59 Å². The lowest BCUT2D eigenvalue weighted by Gasteiger charge is -2.31. The Balaban J connectivity index is 1.49. The number of hydrogen-bond donors (Lipinski definition) is 1. The summed E-state index contributed by atoms with van der Waals surface area (Å²) < 4.78 is 5.66. The van der Waals surface area contributed by atoms with Crippen molar-refractivity contribution in [3.8, 4) is 0 Å². The molecule has 1 spiro atoms. The summed E-state index contributed by atoms with van der Waals surface area (Å²) in [7, 11) is 0. The van der Waals surface area contributed by atoms with Crippen molar-refractivity contribution >= 4 is 23.4 Å². The molecule has 1 aromatic rings. The van der Waals surface area contributed by atoms with Gasteiger partial charge in [0.15, 0.2) is 0 Å². The molecule has 1 aromatic carbocycles. The lowest BCUT2D eigenvalue weighted by Crippen LogP contribution is -2.48. The van der Waals surface area contributed by atoms with Gasteiger partial charge in [-0.05, 0) is 24.8 Å². The van der Waals surface area contributed by atoms with Crippen molar-refractivity contribution in [2.24, 2.45) is 0 Å². The first-order valence-corrected chi connectivity index (χ1v) is 8.41. The second-order valence-electron chi connectivity index (χ2n) is 6.12. The van der Waals surface area contributed by atoms with E-state index in [-0.39, 0.29) is 18.4 Å². The first kappa shape index (κ1) is 16.3. The van der Waals surface area contributed by atoms with E-state index in [1.54, 1.807) is 4.90 Å². The molecule has 1 saturated carbocycles. The monoisotopic (exact) mass is 336 g/mol. The van der Waals surface area contributed by atoms with Crippen LogP contribution in [0.5, 0.6) is 0 Å². The number of nitrogens with zero attached hydrogens (tertiary/aromatic N) is 1. The van der Waals surface area contributed by atoms with Crippen LogP contribution < -0.4 is 5.32 Å². The number of carbonyl (C=O) groups excluding carboxylic acids is 2. The van der Waals surface area contributed by atoms with Crippen molar-refractivity contribution in [2.75, 3.05) is 19.7 Å². The average molecular weight is 337 g/mol. The molecule has 1 N–H and O–H groups in total. The van der Waals surface area contributed by atoms with Crippen LogP contribution in [0.15, 0.2) is 30.3 Å². The quantitative estimate of drug-likeness (QED) is 0.635. The molecule has 1 heterocycles. The van der Waals surface area contributed by atoms with Gasteiger partial charge in [-0.15, -0.1) is 11.6 Å². The molecule has 1 unspecified atom stereocenters. The molecule has 1 aliphatic heterocycles. The number of halogens is 1. The molecule has 23 heavy (non-hydrogen) atoms. The van der Waals surface area contributed by atoms with Gasteiger partial charge in [0.25, 0.3) is 0 Å². The van der Waals surface area contributed by atoms with Crippen LogP contribution in [0.25, 0.3) is 0 Å². The van der Waals surface area contributed by atoms with E-state index in [0.717, 1.165) is 24.8 Å². The molecule has 1 aliphatic carbocycles. The van der Waals surface area contributed by atoms with Crippen LogP contribution in [-0.2, 0) is 20.9 Å². The zero-order valence-electron chi connectivity index (χ0n) is 13.0. The second kappa shape index (κ2) is 6.89. The molecule has 6 heteroatoms. The van der Waals surface area contributed by atoms with Crippen LogP contribution in [0, 0.1) is 0 Å². The third-order valence-corrected chi connectivity index (χ3v) is 5.10. The van der Waals surface area contributed by atoms with Gasteiger partial charge in [-0.25, -0.2) is 0 Å². The van der Waals surface area contributed by atoms with Gasteiger partial charge < -0.3 is 15.0 Å². The Labute approximate surface area is 140 Å². The summed E-state index contributed by atoms with van der Waals surface area (Å²) in [6.45, 7) is 1.75. The van der Waals surface area contributed by atoms with Crippen LogP contribution in [-0.4, -0.2) is 47.3 Å². The largest absolute Gasteiger partial charge is 0.377 e. The maximum Gasteiger partial charge on any atom is 0.242 e. The Morgan fingerprint density at radius 1 is 1.26 bits per heavy atom. The highest BCUT2D eigenvalue weighted by Crippen LogP contribution is 2.47. The molecular weight excluding hydrogens is 316 g/mol. The van der Waals surface area contributed by atoms with Gasteiger partial charge in [-0.2, -0.15) is 0 Å². The van der Waals surface area contributed by atoms with Crippen molar-refractivity contribution in [2.45, 2.75) is 36.8 Å². The Hall–Kier alpha value is -1.59. The minimum atomic E-state index is -0.654. The van der Waals surface area contributed by atoms with Crippen molar-refractivity contribution in [3.63, 3.8) is 0 Å². The average Bonchev–Trinajstić information content (AvgIpc) is 3.37. The number of amides is 2. The van der Waals surface area contributed by atoms with E-state index in [0.29, 0.717) is 19.8 Å². The molecule has 2 aliphatic rings. The summed E-state index contributed by atoms with van der Waals surface area (Å²) in [4.78, 5) is 25.9. The Morgan fingerprint density at radius 2 is 2.00 bits per heavy atom. The maximum absolute atomic E-state index is 12.3. The molecule has 124 valence electrons.